The molecule has 0 fully saturated rings. The van der Waals surface area contributed by atoms with Crippen LogP contribution in [0.5, 0.6) is 0 Å². The maximum absolute atomic E-state index is 13.3. The molecular weight excluding hydrogens is 277 g/mol. The number of aromatic nitrogens is 2. The summed E-state index contributed by atoms with van der Waals surface area (Å²) in [6.07, 6.45) is 1.74. The molecule has 0 atom stereocenters. The minimum absolute atomic E-state index is 0.0333. The van der Waals surface area contributed by atoms with E-state index in [1.165, 1.54) is 12.1 Å². The van der Waals surface area contributed by atoms with Gasteiger partial charge in [-0.1, -0.05) is 11.6 Å². The molecular formula is C15H19ClFN3. The zero-order chi connectivity index (χ0) is 14.8. The molecule has 3 nitrogen and oxygen atoms in total. The summed E-state index contributed by atoms with van der Waals surface area (Å²) >= 11 is 6.09. The van der Waals surface area contributed by atoms with Crippen molar-refractivity contribution < 1.29 is 4.39 Å². The maximum atomic E-state index is 13.3. The number of nitrogens with one attached hydrogen (secondary N) is 1. The Balaban J connectivity index is 2.14. The normalized spacial score (nSPS) is 11.8. The molecule has 2 aromatic rings. The van der Waals surface area contributed by atoms with Gasteiger partial charge in [-0.3, -0.25) is 4.68 Å². The molecule has 1 aromatic carbocycles. The zero-order valence-electron chi connectivity index (χ0n) is 12.0. The van der Waals surface area contributed by atoms with Crippen LogP contribution in [0.1, 0.15) is 32.0 Å². The van der Waals surface area contributed by atoms with Gasteiger partial charge in [-0.05, 0) is 50.6 Å². The van der Waals surface area contributed by atoms with E-state index in [2.05, 4.69) is 31.2 Å². The first-order chi connectivity index (χ1) is 9.35. The van der Waals surface area contributed by atoms with Crippen molar-refractivity contribution in [3.8, 4) is 0 Å². The molecule has 0 spiro atoms. The Kier molecular flexibility index (Phi) is 4.45. The Morgan fingerprint density at radius 2 is 2.05 bits per heavy atom. The molecule has 0 amide bonds. The predicted octanol–water partition coefficient (Wildman–Crippen LogP) is 3.61. The summed E-state index contributed by atoms with van der Waals surface area (Å²) in [6.45, 7) is 7.49. The summed E-state index contributed by atoms with van der Waals surface area (Å²) in [5.41, 5.74) is 1.80. The van der Waals surface area contributed by atoms with Crippen molar-refractivity contribution in [2.24, 2.45) is 0 Å². The molecule has 0 saturated heterocycles. The van der Waals surface area contributed by atoms with Crippen LogP contribution >= 0.6 is 11.6 Å². The van der Waals surface area contributed by atoms with Gasteiger partial charge in [0.2, 0.25) is 0 Å². The van der Waals surface area contributed by atoms with Gasteiger partial charge in [0.25, 0.3) is 0 Å². The van der Waals surface area contributed by atoms with Crippen LogP contribution in [0.3, 0.4) is 0 Å². The highest BCUT2D eigenvalue weighted by Gasteiger charge is 2.12. The lowest BCUT2D eigenvalue weighted by Crippen LogP contribution is -2.35. The summed E-state index contributed by atoms with van der Waals surface area (Å²) in [5.74, 6) is -0.286. The van der Waals surface area contributed by atoms with Crippen molar-refractivity contribution >= 4 is 11.6 Å². The average molecular weight is 296 g/mol. The fraction of sp³-hybridized carbons (Fsp3) is 0.400. The van der Waals surface area contributed by atoms with Crippen LogP contribution in [-0.2, 0) is 13.1 Å². The molecule has 0 bridgehead atoms. The first-order valence-corrected chi connectivity index (χ1v) is 6.92. The largest absolute Gasteiger partial charge is 0.306 e. The molecule has 0 aliphatic heterocycles. The van der Waals surface area contributed by atoms with Crippen molar-refractivity contribution in [1.82, 2.24) is 15.1 Å². The minimum Gasteiger partial charge on any atom is -0.306 e. The molecule has 0 unspecified atom stereocenters. The molecule has 0 saturated carbocycles. The van der Waals surface area contributed by atoms with Gasteiger partial charge in [-0.2, -0.15) is 5.10 Å². The average Bonchev–Trinajstić information content (AvgIpc) is 2.78. The van der Waals surface area contributed by atoms with Crippen LogP contribution in [0.25, 0.3) is 0 Å². The van der Waals surface area contributed by atoms with Crippen molar-refractivity contribution in [3.63, 3.8) is 0 Å². The molecule has 1 N–H and O–H groups in total. The van der Waals surface area contributed by atoms with E-state index in [9.17, 15) is 4.39 Å². The quantitative estimate of drug-likeness (QED) is 0.934. The van der Waals surface area contributed by atoms with E-state index < -0.39 is 0 Å². The Bertz CT molecular complexity index is 587. The van der Waals surface area contributed by atoms with Gasteiger partial charge in [-0.15, -0.1) is 0 Å². The highest BCUT2D eigenvalue weighted by atomic mass is 35.5. The van der Waals surface area contributed by atoms with Gasteiger partial charge in [-0.25, -0.2) is 4.39 Å². The molecule has 0 aliphatic rings. The van der Waals surface area contributed by atoms with E-state index in [0.717, 1.165) is 11.3 Å². The van der Waals surface area contributed by atoms with Gasteiger partial charge in [0, 0.05) is 23.3 Å². The van der Waals surface area contributed by atoms with Crippen LogP contribution in [0.15, 0.2) is 30.5 Å². The highest BCUT2D eigenvalue weighted by Crippen LogP contribution is 2.18. The fourth-order valence-electron chi connectivity index (χ4n) is 1.83. The number of rotatable bonds is 4. The van der Waals surface area contributed by atoms with E-state index >= 15 is 0 Å². The number of halogens is 2. The van der Waals surface area contributed by atoms with Gasteiger partial charge in [0.15, 0.2) is 0 Å². The van der Waals surface area contributed by atoms with Crippen molar-refractivity contribution in [1.29, 1.82) is 0 Å². The van der Waals surface area contributed by atoms with E-state index in [1.54, 1.807) is 12.3 Å². The van der Waals surface area contributed by atoms with Crippen molar-refractivity contribution in [3.05, 3.63) is 52.6 Å². The molecule has 0 aliphatic carbocycles. The first kappa shape index (κ1) is 15.0. The summed E-state index contributed by atoms with van der Waals surface area (Å²) in [7, 11) is 0. The first-order valence-electron chi connectivity index (χ1n) is 6.55. The van der Waals surface area contributed by atoms with Crippen molar-refractivity contribution in [2.45, 2.75) is 39.4 Å². The number of hydrogen-bond acceptors (Lipinski definition) is 2. The lowest BCUT2D eigenvalue weighted by Gasteiger charge is -2.21. The molecule has 5 heteroatoms. The number of nitrogens with zero attached hydrogens (tertiary/aromatic N) is 2. The maximum Gasteiger partial charge on any atom is 0.123 e. The number of benzene rings is 1. The lowest BCUT2D eigenvalue weighted by molar-refractivity contribution is 0.414. The standard InChI is InChI=1S/C15H19ClFN3/c1-15(2,3)18-9-13-6-7-19-20(13)10-11-8-12(17)4-5-14(11)16/h4-8,18H,9-10H2,1-3H3. The molecule has 1 aromatic heterocycles. The molecule has 2 rings (SSSR count). The van der Waals surface area contributed by atoms with Crippen LogP contribution in [0.4, 0.5) is 4.39 Å². The van der Waals surface area contributed by atoms with E-state index in [4.69, 9.17) is 11.6 Å². The smallest absolute Gasteiger partial charge is 0.123 e. The van der Waals surface area contributed by atoms with Gasteiger partial charge in [0.1, 0.15) is 5.82 Å². The third-order valence-electron chi connectivity index (χ3n) is 2.93. The lowest BCUT2D eigenvalue weighted by atomic mass is 10.1. The van der Waals surface area contributed by atoms with E-state index in [1.807, 2.05) is 10.7 Å². The molecule has 1 heterocycles. The topological polar surface area (TPSA) is 29.9 Å². The second-order valence-corrected chi connectivity index (χ2v) is 6.23. The molecule has 20 heavy (non-hydrogen) atoms. The van der Waals surface area contributed by atoms with E-state index in [0.29, 0.717) is 18.1 Å². The SMILES string of the molecule is CC(C)(C)NCc1ccnn1Cc1cc(F)ccc1Cl. The predicted molar refractivity (Wildman–Crippen MR) is 79.3 cm³/mol. The summed E-state index contributed by atoms with van der Waals surface area (Å²) in [4.78, 5) is 0. The molecule has 0 radical (unpaired) electrons. The van der Waals surface area contributed by atoms with Crippen molar-refractivity contribution in [2.75, 3.05) is 0 Å². The minimum atomic E-state index is -0.286. The third kappa shape index (κ3) is 4.05. The zero-order valence-corrected chi connectivity index (χ0v) is 12.7. The Hall–Kier alpha value is -1.39. The van der Waals surface area contributed by atoms with Gasteiger partial charge >= 0.3 is 0 Å². The van der Waals surface area contributed by atoms with Gasteiger partial charge in [0.05, 0.1) is 12.2 Å². The summed E-state index contributed by atoms with van der Waals surface area (Å²) < 4.78 is 15.1. The second-order valence-electron chi connectivity index (χ2n) is 5.82. The second kappa shape index (κ2) is 5.94. The highest BCUT2D eigenvalue weighted by molar-refractivity contribution is 6.31. The monoisotopic (exact) mass is 295 g/mol. The fourth-order valence-corrected chi connectivity index (χ4v) is 2.01. The third-order valence-corrected chi connectivity index (χ3v) is 3.30. The number of hydrogen-bond donors (Lipinski definition) is 1. The summed E-state index contributed by atoms with van der Waals surface area (Å²) in [5, 5.41) is 8.24. The van der Waals surface area contributed by atoms with Crippen LogP contribution < -0.4 is 5.32 Å². The molecule has 108 valence electrons. The van der Waals surface area contributed by atoms with Gasteiger partial charge < -0.3 is 5.32 Å². The Morgan fingerprint density at radius 1 is 1.30 bits per heavy atom. The Morgan fingerprint density at radius 3 is 2.75 bits per heavy atom. The Labute approximate surface area is 123 Å². The van der Waals surface area contributed by atoms with Crippen LogP contribution in [-0.4, -0.2) is 15.3 Å². The summed E-state index contributed by atoms with van der Waals surface area (Å²) in [6, 6.07) is 6.33. The van der Waals surface area contributed by atoms with Crippen LogP contribution in [0, 0.1) is 5.82 Å². The van der Waals surface area contributed by atoms with Crippen LogP contribution in [0.2, 0.25) is 5.02 Å². The van der Waals surface area contributed by atoms with E-state index in [-0.39, 0.29) is 11.4 Å².